The zero-order valence-corrected chi connectivity index (χ0v) is 11.6. The van der Waals surface area contributed by atoms with E-state index in [4.69, 9.17) is 9.47 Å². The normalized spacial score (nSPS) is 12.9. The van der Waals surface area contributed by atoms with Crippen LogP contribution in [-0.2, 0) is 13.0 Å². The van der Waals surface area contributed by atoms with E-state index in [-0.39, 0.29) is 6.79 Å². The first kappa shape index (κ1) is 12.4. The summed E-state index contributed by atoms with van der Waals surface area (Å²) in [6.07, 6.45) is 2.08. The van der Waals surface area contributed by atoms with Crippen LogP contribution < -0.4 is 14.8 Å². The molecule has 0 spiro atoms. The number of hydrogen-bond acceptors (Lipinski definition) is 6. The lowest BCUT2D eigenvalue weighted by atomic mass is 10.2. The molecule has 2 aromatic rings. The molecule has 0 amide bonds. The number of halogens is 1. The van der Waals surface area contributed by atoms with Crippen LogP contribution in [0, 0.1) is 0 Å². The molecule has 2 heterocycles. The topological polar surface area (TPSA) is 69.4 Å². The van der Waals surface area contributed by atoms with Gasteiger partial charge in [0.05, 0.1) is 4.47 Å². The highest BCUT2D eigenvalue weighted by atomic mass is 79.9. The average Bonchev–Trinajstić information content (AvgIpc) is 3.05. The maximum absolute atomic E-state index is 5.37. The van der Waals surface area contributed by atoms with Crippen molar-refractivity contribution in [2.45, 2.75) is 13.0 Å². The van der Waals surface area contributed by atoms with Crippen molar-refractivity contribution in [3.05, 3.63) is 34.4 Å². The largest absolute Gasteiger partial charge is 0.454 e. The van der Waals surface area contributed by atoms with Crippen molar-refractivity contribution >= 4 is 15.9 Å². The first-order valence-corrected chi connectivity index (χ1v) is 6.66. The number of nitrogens with zero attached hydrogens (tertiary/aromatic N) is 2. The van der Waals surface area contributed by atoms with E-state index in [0.717, 1.165) is 41.0 Å². The third-order valence-electron chi connectivity index (χ3n) is 2.75. The van der Waals surface area contributed by atoms with Gasteiger partial charge in [-0.2, -0.15) is 4.98 Å². The summed E-state index contributed by atoms with van der Waals surface area (Å²) in [6.45, 7) is 1.81. The fourth-order valence-corrected chi connectivity index (χ4v) is 2.46. The van der Waals surface area contributed by atoms with Crippen molar-refractivity contribution in [2.75, 3.05) is 13.3 Å². The van der Waals surface area contributed by atoms with Crippen LogP contribution in [-0.4, -0.2) is 23.5 Å². The molecule has 1 aliphatic heterocycles. The number of aromatic nitrogens is 2. The molecular formula is C12H12BrN3O3. The highest BCUT2D eigenvalue weighted by Crippen LogP contribution is 2.39. The van der Waals surface area contributed by atoms with Gasteiger partial charge in [0, 0.05) is 19.5 Å². The third-order valence-corrected chi connectivity index (χ3v) is 3.34. The summed E-state index contributed by atoms with van der Waals surface area (Å²) in [7, 11) is 0. The maximum Gasteiger partial charge on any atom is 0.231 e. The minimum Gasteiger partial charge on any atom is -0.454 e. The van der Waals surface area contributed by atoms with E-state index in [1.807, 2.05) is 12.1 Å². The van der Waals surface area contributed by atoms with Crippen LogP contribution in [0.2, 0.25) is 0 Å². The van der Waals surface area contributed by atoms with Crippen molar-refractivity contribution in [3.8, 4) is 11.5 Å². The molecule has 7 heteroatoms. The minimum absolute atomic E-state index is 0.280. The summed E-state index contributed by atoms with van der Waals surface area (Å²) in [5.41, 5.74) is 1.13. The standard InChI is InChI=1S/C12H12BrN3O3/c13-9-3-8(4-10-12(9)18-7-17-10)5-14-2-1-11-15-6-19-16-11/h3-4,6,14H,1-2,5,7H2. The molecule has 0 saturated heterocycles. The Bertz CT molecular complexity index is 560. The molecule has 1 aromatic heterocycles. The Morgan fingerprint density at radius 1 is 1.32 bits per heavy atom. The SMILES string of the molecule is Brc1cc(CNCCc2ncon2)cc2c1OCO2. The van der Waals surface area contributed by atoms with Gasteiger partial charge in [-0.25, -0.2) is 0 Å². The molecule has 100 valence electrons. The molecule has 1 aromatic carbocycles. The lowest BCUT2D eigenvalue weighted by molar-refractivity contribution is 0.173. The molecule has 0 aliphatic carbocycles. The number of ether oxygens (including phenoxy) is 2. The van der Waals surface area contributed by atoms with Crippen LogP contribution in [0.15, 0.2) is 27.5 Å². The minimum atomic E-state index is 0.280. The van der Waals surface area contributed by atoms with Gasteiger partial charge in [0.2, 0.25) is 13.2 Å². The average molecular weight is 326 g/mol. The zero-order valence-electron chi connectivity index (χ0n) is 10.1. The fraction of sp³-hybridized carbons (Fsp3) is 0.333. The summed E-state index contributed by atoms with van der Waals surface area (Å²) in [4.78, 5) is 3.96. The number of benzene rings is 1. The van der Waals surface area contributed by atoms with Gasteiger partial charge in [-0.05, 0) is 33.6 Å². The van der Waals surface area contributed by atoms with E-state index in [0.29, 0.717) is 5.82 Å². The molecule has 0 radical (unpaired) electrons. The zero-order chi connectivity index (χ0) is 13.1. The van der Waals surface area contributed by atoms with Crippen molar-refractivity contribution < 1.29 is 14.0 Å². The number of nitrogens with one attached hydrogen (secondary N) is 1. The predicted octanol–water partition coefficient (Wildman–Crippen LogP) is 1.89. The fourth-order valence-electron chi connectivity index (χ4n) is 1.86. The molecule has 0 bridgehead atoms. The first-order valence-electron chi connectivity index (χ1n) is 5.87. The molecule has 0 fully saturated rings. The number of hydrogen-bond donors (Lipinski definition) is 1. The van der Waals surface area contributed by atoms with E-state index in [1.165, 1.54) is 6.39 Å². The summed E-state index contributed by atoms with van der Waals surface area (Å²) in [5.74, 6) is 2.26. The Kier molecular flexibility index (Phi) is 3.65. The van der Waals surface area contributed by atoms with Gasteiger partial charge in [0.15, 0.2) is 17.3 Å². The molecular weight excluding hydrogens is 314 g/mol. The van der Waals surface area contributed by atoms with Crippen molar-refractivity contribution in [1.29, 1.82) is 0 Å². The second-order valence-corrected chi connectivity index (χ2v) is 4.94. The smallest absolute Gasteiger partial charge is 0.231 e. The lowest BCUT2D eigenvalue weighted by Gasteiger charge is -2.06. The van der Waals surface area contributed by atoms with Crippen LogP contribution in [0.25, 0.3) is 0 Å². The van der Waals surface area contributed by atoms with Gasteiger partial charge in [0.25, 0.3) is 0 Å². The van der Waals surface area contributed by atoms with Gasteiger partial charge in [-0.3, -0.25) is 0 Å². The van der Waals surface area contributed by atoms with Crippen LogP contribution in [0.3, 0.4) is 0 Å². The van der Waals surface area contributed by atoms with Crippen molar-refractivity contribution in [2.24, 2.45) is 0 Å². The summed E-state index contributed by atoms with van der Waals surface area (Å²) in [5, 5.41) is 7.07. The van der Waals surface area contributed by atoms with Gasteiger partial charge in [-0.15, -0.1) is 0 Å². The van der Waals surface area contributed by atoms with E-state index < -0.39 is 0 Å². The Morgan fingerprint density at radius 2 is 2.26 bits per heavy atom. The van der Waals surface area contributed by atoms with Crippen LogP contribution in [0.5, 0.6) is 11.5 Å². The predicted molar refractivity (Wildman–Crippen MR) is 70.0 cm³/mol. The molecule has 0 unspecified atom stereocenters. The monoisotopic (exact) mass is 325 g/mol. The lowest BCUT2D eigenvalue weighted by Crippen LogP contribution is -2.17. The molecule has 19 heavy (non-hydrogen) atoms. The number of fused-ring (bicyclic) bond motifs is 1. The van der Waals surface area contributed by atoms with Crippen LogP contribution in [0.1, 0.15) is 11.4 Å². The summed E-state index contributed by atoms with van der Waals surface area (Å²) in [6, 6.07) is 4.00. The van der Waals surface area contributed by atoms with Gasteiger partial charge >= 0.3 is 0 Å². The van der Waals surface area contributed by atoms with E-state index >= 15 is 0 Å². The van der Waals surface area contributed by atoms with Crippen LogP contribution in [0.4, 0.5) is 0 Å². The Labute approximate surface area is 118 Å². The van der Waals surface area contributed by atoms with Gasteiger partial charge < -0.3 is 19.3 Å². The Balaban J connectivity index is 1.54. The van der Waals surface area contributed by atoms with Gasteiger partial charge in [0.1, 0.15) is 0 Å². The second-order valence-electron chi connectivity index (χ2n) is 4.09. The summed E-state index contributed by atoms with van der Waals surface area (Å²) >= 11 is 3.47. The Morgan fingerprint density at radius 3 is 3.11 bits per heavy atom. The quantitative estimate of drug-likeness (QED) is 0.847. The summed E-state index contributed by atoms with van der Waals surface area (Å²) < 4.78 is 16.3. The van der Waals surface area contributed by atoms with E-state index in [9.17, 15) is 0 Å². The molecule has 6 nitrogen and oxygen atoms in total. The third kappa shape index (κ3) is 2.87. The molecule has 1 N–H and O–H groups in total. The first-order chi connectivity index (χ1) is 9.33. The van der Waals surface area contributed by atoms with Crippen molar-refractivity contribution in [1.82, 2.24) is 15.5 Å². The maximum atomic E-state index is 5.37. The van der Waals surface area contributed by atoms with E-state index in [2.05, 4.69) is 35.9 Å². The van der Waals surface area contributed by atoms with Gasteiger partial charge in [-0.1, -0.05) is 5.16 Å². The second kappa shape index (κ2) is 5.58. The Hall–Kier alpha value is -1.60. The highest BCUT2D eigenvalue weighted by Gasteiger charge is 2.17. The van der Waals surface area contributed by atoms with Crippen molar-refractivity contribution in [3.63, 3.8) is 0 Å². The highest BCUT2D eigenvalue weighted by molar-refractivity contribution is 9.10. The molecule has 3 rings (SSSR count). The molecule has 0 atom stereocenters. The molecule has 0 saturated carbocycles. The molecule has 1 aliphatic rings. The van der Waals surface area contributed by atoms with E-state index in [1.54, 1.807) is 0 Å². The van der Waals surface area contributed by atoms with Crippen LogP contribution >= 0.6 is 15.9 Å². The number of rotatable bonds is 5.